The van der Waals surface area contributed by atoms with Crippen LogP contribution in [0.2, 0.25) is 0 Å². The Kier molecular flexibility index (Phi) is 4.70. The summed E-state index contributed by atoms with van der Waals surface area (Å²) in [5, 5.41) is 11.1. The Labute approximate surface area is 190 Å². The van der Waals surface area contributed by atoms with Gasteiger partial charge in [0.1, 0.15) is 28.4 Å². The number of phenols is 1. The van der Waals surface area contributed by atoms with Gasteiger partial charge in [0, 0.05) is 23.0 Å². The molecule has 4 heteroatoms. The average molecular weight is 433 g/mol. The molecule has 3 aliphatic carbocycles. The van der Waals surface area contributed by atoms with E-state index in [2.05, 4.69) is 20.8 Å². The van der Waals surface area contributed by atoms with E-state index < -0.39 is 0 Å². The summed E-state index contributed by atoms with van der Waals surface area (Å²) in [7, 11) is 1.57. The largest absolute Gasteiger partial charge is 0.507 e. The van der Waals surface area contributed by atoms with E-state index in [0.717, 1.165) is 29.9 Å². The summed E-state index contributed by atoms with van der Waals surface area (Å²) in [5.74, 6) is 2.42. The molecular formula is C28H32O4. The Morgan fingerprint density at radius 2 is 1.88 bits per heavy atom. The van der Waals surface area contributed by atoms with Gasteiger partial charge in [0.25, 0.3) is 0 Å². The highest BCUT2D eigenvalue weighted by Crippen LogP contribution is 2.67. The van der Waals surface area contributed by atoms with Crippen molar-refractivity contribution in [3.8, 4) is 17.2 Å². The standard InChI is InChI=1S/C28H32O4/c1-16-24(30)23(21(29)12-11-17-9-7-6-8-10-17)26(31-5)20-14-19-13-18-15-22(27(18,2)3)28(19,4)32-25(16)20/h6-12,18-19,22,30H,13-15H2,1-5H3/b12-11+/t18-,19+,22+,28-/m1/s1. The third-order valence-corrected chi connectivity index (χ3v) is 8.70. The van der Waals surface area contributed by atoms with E-state index >= 15 is 0 Å². The van der Waals surface area contributed by atoms with Crippen LogP contribution < -0.4 is 9.47 Å². The van der Waals surface area contributed by atoms with Crippen molar-refractivity contribution < 1.29 is 19.4 Å². The summed E-state index contributed by atoms with van der Waals surface area (Å²) in [6.07, 6.45) is 6.41. The molecule has 0 radical (unpaired) electrons. The van der Waals surface area contributed by atoms with E-state index in [-0.39, 0.29) is 28.1 Å². The van der Waals surface area contributed by atoms with E-state index in [1.807, 2.05) is 37.3 Å². The van der Waals surface area contributed by atoms with Crippen LogP contribution in [0.25, 0.3) is 6.08 Å². The quantitative estimate of drug-likeness (QED) is 0.477. The number of hydrogen-bond donors (Lipinski definition) is 1. The van der Waals surface area contributed by atoms with Crippen molar-refractivity contribution >= 4 is 11.9 Å². The van der Waals surface area contributed by atoms with Crippen LogP contribution in [-0.4, -0.2) is 23.6 Å². The summed E-state index contributed by atoms with van der Waals surface area (Å²) >= 11 is 0. The Hall–Kier alpha value is -2.75. The van der Waals surface area contributed by atoms with Crippen LogP contribution in [-0.2, 0) is 6.42 Å². The molecule has 3 fully saturated rings. The van der Waals surface area contributed by atoms with E-state index in [9.17, 15) is 9.90 Å². The van der Waals surface area contributed by atoms with E-state index in [1.54, 1.807) is 13.2 Å². The average Bonchev–Trinajstić information content (AvgIpc) is 2.78. The second-order valence-corrected chi connectivity index (χ2v) is 10.5. The summed E-state index contributed by atoms with van der Waals surface area (Å²) in [4.78, 5) is 13.2. The number of benzene rings is 2. The monoisotopic (exact) mass is 432 g/mol. The fourth-order valence-corrected chi connectivity index (χ4v) is 6.64. The van der Waals surface area contributed by atoms with E-state index in [0.29, 0.717) is 28.9 Å². The molecular weight excluding hydrogens is 400 g/mol. The van der Waals surface area contributed by atoms with E-state index in [4.69, 9.17) is 9.47 Å². The van der Waals surface area contributed by atoms with Gasteiger partial charge in [-0.05, 0) is 56.1 Å². The van der Waals surface area contributed by atoms with Crippen molar-refractivity contribution in [2.45, 2.75) is 52.6 Å². The lowest BCUT2D eigenvalue weighted by Crippen LogP contribution is -2.67. The van der Waals surface area contributed by atoms with E-state index in [1.165, 1.54) is 12.5 Å². The van der Waals surface area contributed by atoms with Gasteiger partial charge in [0.15, 0.2) is 5.78 Å². The third-order valence-electron chi connectivity index (χ3n) is 8.70. The van der Waals surface area contributed by atoms with Crippen LogP contribution in [0.5, 0.6) is 17.2 Å². The van der Waals surface area contributed by atoms with Gasteiger partial charge in [-0.1, -0.05) is 50.3 Å². The number of aromatic hydroxyl groups is 1. The first kappa shape index (κ1) is 21.1. The van der Waals surface area contributed by atoms with Gasteiger partial charge in [-0.15, -0.1) is 0 Å². The minimum absolute atomic E-state index is 0.0492. The molecule has 32 heavy (non-hydrogen) atoms. The van der Waals surface area contributed by atoms with Gasteiger partial charge < -0.3 is 14.6 Å². The third kappa shape index (κ3) is 2.84. The number of carbonyl (C=O) groups excluding carboxylic acids is 1. The maximum atomic E-state index is 13.2. The number of phenolic OH excluding ortho intramolecular Hbond substituents is 1. The molecule has 4 atom stereocenters. The van der Waals surface area contributed by atoms with Crippen molar-refractivity contribution in [2.75, 3.05) is 7.11 Å². The van der Waals surface area contributed by atoms with Crippen LogP contribution >= 0.6 is 0 Å². The molecule has 1 heterocycles. The first-order chi connectivity index (χ1) is 15.2. The number of ether oxygens (including phenoxy) is 2. The smallest absolute Gasteiger partial charge is 0.193 e. The summed E-state index contributed by atoms with van der Waals surface area (Å²) in [5.41, 5.74) is 2.71. The maximum absolute atomic E-state index is 13.2. The number of carbonyl (C=O) groups is 1. The molecule has 4 aliphatic rings. The first-order valence-corrected chi connectivity index (χ1v) is 11.6. The van der Waals surface area contributed by atoms with Gasteiger partial charge in [-0.25, -0.2) is 0 Å². The Bertz CT molecular complexity index is 1110. The molecule has 0 spiro atoms. The zero-order chi connectivity index (χ0) is 22.8. The number of allylic oxidation sites excluding steroid dienone is 1. The van der Waals surface area contributed by atoms with Crippen molar-refractivity contribution in [2.24, 2.45) is 23.2 Å². The molecule has 2 bridgehead atoms. The number of hydrogen-bond acceptors (Lipinski definition) is 4. The van der Waals surface area contributed by atoms with Crippen LogP contribution in [0.3, 0.4) is 0 Å². The predicted octanol–water partition coefficient (Wildman–Crippen LogP) is 5.98. The molecule has 1 aliphatic heterocycles. The van der Waals surface area contributed by atoms with Crippen molar-refractivity contribution in [3.63, 3.8) is 0 Å². The second-order valence-electron chi connectivity index (χ2n) is 10.5. The lowest BCUT2D eigenvalue weighted by molar-refractivity contribution is -0.218. The molecule has 1 N–H and O–H groups in total. The molecule has 168 valence electrons. The van der Waals surface area contributed by atoms with Crippen LogP contribution in [0.4, 0.5) is 0 Å². The van der Waals surface area contributed by atoms with Gasteiger partial charge >= 0.3 is 0 Å². The number of ketones is 1. The van der Waals surface area contributed by atoms with Crippen LogP contribution in [0.1, 0.15) is 60.7 Å². The minimum Gasteiger partial charge on any atom is -0.507 e. The molecule has 0 amide bonds. The molecule has 2 aromatic carbocycles. The van der Waals surface area contributed by atoms with Crippen LogP contribution in [0, 0.1) is 30.1 Å². The lowest BCUT2D eigenvalue weighted by atomic mass is 9.41. The highest BCUT2D eigenvalue weighted by molar-refractivity contribution is 6.11. The maximum Gasteiger partial charge on any atom is 0.193 e. The van der Waals surface area contributed by atoms with Gasteiger partial charge in [0.05, 0.1) is 7.11 Å². The number of methoxy groups -OCH3 is 1. The lowest BCUT2D eigenvalue weighted by Gasteiger charge is -2.67. The number of fused-ring (bicyclic) bond motifs is 1. The molecule has 0 saturated heterocycles. The van der Waals surface area contributed by atoms with Gasteiger partial charge in [-0.3, -0.25) is 4.79 Å². The minimum atomic E-state index is -0.268. The molecule has 4 nitrogen and oxygen atoms in total. The molecule has 2 aromatic rings. The van der Waals surface area contributed by atoms with Gasteiger partial charge in [-0.2, -0.15) is 0 Å². The number of rotatable bonds is 4. The fourth-order valence-electron chi connectivity index (χ4n) is 6.64. The highest BCUT2D eigenvalue weighted by atomic mass is 16.5. The highest BCUT2D eigenvalue weighted by Gasteiger charge is 2.65. The van der Waals surface area contributed by atoms with Crippen molar-refractivity contribution in [1.29, 1.82) is 0 Å². The second kappa shape index (κ2) is 7.13. The first-order valence-electron chi connectivity index (χ1n) is 11.6. The topological polar surface area (TPSA) is 55.8 Å². The molecule has 0 aromatic heterocycles. The molecule has 3 saturated carbocycles. The Balaban J connectivity index is 1.57. The molecule has 0 unspecified atom stereocenters. The zero-order valence-corrected chi connectivity index (χ0v) is 19.6. The summed E-state index contributed by atoms with van der Waals surface area (Å²) in [6.45, 7) is 8.80. The van der Waals surface area contributed by atoms with Gasteiger partial charge in [0.2, 0.25) is 0 Å². The Morgan fingerprint density at radius 3 is 2.53 bits per heavy atom. The van der Waals surface area contributed by atoms with Crippen molar-refractivity contribution in [1.82, 2.24) is 0 Å². The Morgan fingerprint density at radius 1 is 1.16 bits per heavy atom. The summed E-state index contributed by atoms with van der Waals surface area (Å²) < 4.78 is 12.5. The molecule has 6 rings (SSSR count). The van der Waals surface area contributed by atoms with Crippen LogP contribution in [0.15, 0.2) is 36.4 Å². The summed E-state index contributed by atoms with van der Waals surface area (Å²) in [6, 6.07) is 9.66. The normalized spacial score (nSPS) is 29.5. The fraction of sp³-hybridized carbons (Fsp3) is 0.464. The zero-order valence-electron chi connectivity index (χ0n) is 19.6. The SMILES string of the molecule is COc1c2c(c(C)c(O)c1C(=O)/C=C/c1ccccc1)O[C@]1(C)[C@H](C2)C[C@@H]2C[C@H]1C2(C)C. The van der Waals surface area contributed by atoms with Crippen molar-refractivity contribution in [3.05, 3.63) is 58.7 Å². The predicted molar refractivity (Wildman–Crippen MR) is 125 cm³/mol.